The Kier molecular flexibility index (Phi) is 5.14. The Hall–Kier alpha value is -2.99. The van der Waals surface area contributed by atoms with Crippen LogP contribution < -0.4 is 5.32 Å². The predicted molar refractivity (Wildman–Crippen MR) is 97.7 cm³/mol. The molecule has 6 heteroatoms. The summed E-state index contributed by atoms with van der Waals surface area (Å²) < 4.78 is 0. The van der Waals surface area contributed by atoms with Crippen molar-refractivity contribution in [2.75, 3.05) is 27.2 Å². The maximum atomic E-state index is 12.3. The van der Waals surface area contributed by atoms with Crippen LogP contribution in [0.5, 0.6) is 0 Å². The van der Waals surface area contributed by atoms with E-state index < -0.39 is 11.8 Å². The van der Waals surface area contributed by atoms with Gasteiger partial charge in [-0.3, -0.25) is 19.3 Å². The van der Waals surface area contributed by atoms with Crippen LogP contribution in [-0.4, -0.2) is 54.7 Å². The number of amides is 3. The third kappa shape index (κ3) is 3.50. The molecule has 0 spiro atoms. The van der Waals surface area contributed by atoms with Crippen molar-refractivity contribution in [2.45, 2.75) is 6.04 Å². The van der Waals surface area contributed by atoms with Crippen molar-refractivity contribution < 1.29 is 14.4 Å². The van der Waals surface area contributed by atoms with Gasteiger partial charge in [-0.15, -0.1) is 0 Å². The average Bonchev–Trinajstić information content (AvgIpc) is 2.88. The van der Waals surface area contributed by atoms with Gasteiger partial charge in [0.05, 0.1) is 17.2 Å². The van der Waals surface area contributed by atoms with Crippen molar-refractivity contribution in [3.05, 3.63) is 71.3 Å². The summed E-state index contributed by atoms with van der Waals surface area (Å²) in [4.78, 5) is 40.0. The normalized spacial score (nSPS) is 14.5. The number of likely N-dealkylation sites (N-methyl/N-ethyl adjacent to an activating group) is 1. The first-order chi connectivity index (χ1) is 12.5. The second-order valence-corrected chi connectivity index (χ2v) is 6.44. The minimum atomic E-state index is -0.423. The molecule has 0 aliphatic carbocycles. The fourth-order valence-electron chi connectivity index (χ4n) is 3.07. The first kappa shape index (κ1) is 17.8. The highest BCUT2D eigenvalue weighted by Crippen LogP contribution is 2.22. The van der Waals surface area contributed by atoms with Crippen molar-refractivity contribution >= 4 is 17.7 Å². The first-order valence-corrected chi connectivity index (χ1v) is 8.42. The van der Waals surface area contributed by atoms with Crippen LogP contribution in [0.4, 0.5) is 0 Å². The molecule has 1 N–H and O–H groups in total. The molecular formula is C20H21N3O3. The van der Waals surface area contributed by atoms with E-state index in [0.717, 1.165) is 10.5 Å². The molecular weight excluding hydrogens is 330 g/mol. The number of hydrogen-bond donors (Lipinski definition) is 1. The standard InChI is InChI=1S/C20H21N3O3/c1-22(2)17(14-8-4-3-5-9-14)12-21-18(24)13-23-19(25)15-10-6-7-11-16(15)20(23)26/h3-11,17H,12-13H2,1-2H3,(H,21,24)/t17-/m0/s1. The molecule has 1 aliphatic heterocycles. The van der Waals surface area contributed by atoms with Gasteiger partial charge in [-0.1, -0.05) is 42.5 Å². The molecule has 2 aromatic carbocycles. The van der Waals surface area contributed by atoms with Gasteiger partial charge in [0, 0.05) is 6.54 Å². The molecule has 1 atom stereocenters. The molecule has 2 aromatic rings. The lowest BCUT2D eigenvalue weighted by Gasteiger charge is -2.25. The second kappa shape index (κ2) is 7.49. The minimum absolute atomic E-state index is 0.00216. The number of carbonyl (C=O) groups excluding carboxylic acids is 3. The zero-order valence-electron chi connectivity index (χ0n) is 14.8. The topological polar surface area (TPSA) is 69.7 Å². The van der Waals surface area contributed by atoms with Crippen molar-refractivity contribution in [1.82, 2.24) is 15.1 Å². The lowest BCUT2D eigenvalue weighted by Crippen LogP contribution is -2.42. The summed E-state index contributed by atoms with van der Waals surface area (Å²) in [6, 6.07) is 16.5. The number of benzene rings is 2. The Bertz CT molecular complexity index is 798. The van der Waals surface area contributed by atoms with Crippen molar-refractivity contribution in [3.63, 3.8) is 0 Å². The average molecular weight is 351 g/mol. The zero-order valence-corrected chi connectivity index (χ0v) is 14.8. The second-order valence-electron chi connectivity index (χ2n) is 6.44. The molecule has 3 amide bonds. The fraction of sp³-hybridized carbons (Fsp3) is 0.250. The number of carbonyl (C=O) groups is 3. The van der Waals surface area contributed by atoms with Crippen molar-refractivity contribution in [1.29, 1.82) is 0 Å². The summed E-state index contributed by atoms with van der Waals surface area (Å²) in [5.74, 6) is -1.21. The van der Waals surface area contributed by atoms with Gasteiger partial charge in [-0.2, -0.15) is 0 Å². The van der Waals surface area contributed by atoms with Crippen LogP contribution in [0.3, 0.4) is 0 Å². The highest BCUT2D eigenvalue weighted by Gasteiger charge is 2.36. The van der Waals surface area contributed by atoms with Gasteiger partial charge >= 0.3 is 0 Å². The molecule has 0 bridgehead atoms. The van der Waals surface area contributed by atoms with Gasteiger partial charge in [0.2, 0.25) is 5.91 Å². The van der Waals surface area contributed by atoms with Crippen LogP contribution in [0.1, 0.15) is 32.3 Å². The maximum absolute atomic E-state index is 12.3. The molecule has 134 valence electrons. The van der Waals surface area contributed by atoms with Crippen LogP contribution in [0, 0.1) is 0 Å². The van der Waals surface area contributed by atoms with E-state index in [0.29, 0.717) is 17.7 Å². The van der Waals surface area contributed by atoms with Crippen molar-refractivity contribution in [3.8, 4) is 0 Å². The fourth-order valence-corrected chi connectivity index (χ4v) is 3.07. The van der Waals surface area contributed by atoms with E-state index in [2.05, 4.69) is 5.32 Å². The molecule has 26 heavy (non-hydrogen) atoms. The number of fused-ring (bicyclic) bond motifs is 1. The molecule has 0 fully saturated rings. The Morgan fingerprint density at radius 1 is 0.962 bits per heavy atom. The first-order valence-electron chi connectivity index (χ1n) is 8.42. The molecule has 1 heterocycles. The van der Waals surface area contributed by atoms with Crippen LogP contribution >= 0.6 is 0 Å². The van der Waals surface area contributed by atoms with Gasteiger partial charge in [-0.05, 0) is 31.8 Å². The van der Waals surface area contributed by atoms with E-state index in [1.54, 1.807) is 24.3 Å². The highest BCUT2D eigenvalue weighted by molar-refractivity contribution is 6.22. The van der Waals surface area contributed by atoms with Crippen LogP contribution in [0.15, 0.2) is 54.6 Å². The zero-order chi connectivity index (χ0) is 18.7. The third-order valence-corrected chi connectivity index (χ3v) is 4.48. The SMILES string of the molecule is CN(C)[C@@H](CNC(=O)CN1C(=O)c2ccccc2C1=O)c1ccccc1. The Labute approximate surface area is 152 Å². The summed E-state index contributed by atoms with van der Waals surface area (Å²) in [6.45, 7) is 0.111. The van der Waals surface area contributed by atoms with Crippen LogP contribution in [0.25, 0.3) is 0 Å². The molecule has 3 rings (SSSR count). The minimum Gasteiger partial charge on any atom is -0.353 e. The largest absolute Gasteiger partial charge is 0.353 e. The summed E-state index contributed by atoms with van der Waals surface area (Å²) in [7, 11) is 3.88. The van der Waals surface area contributed by atoms with Crippen molar-refractivity contribution in [2.24, 2.45) is 0 Å². The lowest BCUT2D eigenvalue weighted by atomic mass is 10.1. The van der Waals surface area contributed by atoms with Gasteiger partial charge < -0.3 is 10.2 Å². The number of rotatable bonds is 6. The van der Waals surface area contributed by atoms with E-state index in [9.17, 15) is 14.4 Å². The summed E-state index contributed by atoms with van der Waals surface area (Å²) >= 11 is 0. The summed E-state index contributed by atoms with van der Waals surface area (Å²) in [5.41, 5.74) is 1.78. The molecule has 0 saturated carbocycles. The quantitative estimate of drug-likeness (QED) is 0.805. The Morgan fingerprint density at radius 3 is 2.04 bits per heavy atom. The maximum Gasteiger partial charge on any atom is 0.262 e. The smallest absolute Gasteiger partial charge is 0.262 e. The summed E-state index contributed by atoms with van der Waals surface area (Å²) in [5, 5.41) is 2.83. The molecule has 6 nitrogen and oxygen atoms in total. The van der Waals surface area contributed by atoms with E-state index in [4.69, 9.17) is 0 Å². The predicted octanol–water partition coefficient (Wildman–Crippen LogP) is 1.70. The van der Waals surface area contributed by atoms with Gasteiger partial charge in [0.1, 0.15) is 6.54 Å². The lowest BCUT2D eigenvalue weighted by molar-refractivity contribution is -0.121. The summed E-state index contributed by atoms with van der Waals surface area (Å²) in [6.07, 6.45) is 0. The third-order valence-electron chi connectivity index (χ3n) is 4.48. The Morgan fingerprint density at radius 2 is 1.50 bits per heavy atom. The van der Waals surface area contributed by atoms with E-state index >= 15 is 0 Å². The molecule has 0 unspecified atom stereocenters. The number of nitrogens with one attached hydrogen (secondary N) is 1. The Balaban J connectivity index is 1.63. The van der Waals surface area contributed by atoms with Gasteiger partial charge in [0.25, 0.3) is 11.8 Å². The van der Waals surface area contributed by atoms with Gasteiger partial charge in [0.15, 0.2) is 0 Å². The molecule has 0 radical (unpaired) electrons. The molecule has 0 aromatic heterocycles. The van der Waals surface area contributed by atoms with E-state index in [-0.39, 0.29) is 18.5 Å². The van der Waals surface area contributed by atoms with E-state index in [1.807, 2.05) is 49.3 Å². The van der Waals surface area contributed by atoms with E-state index in [1.165, 1.54) is 0 Å². The van der Waals surface area contributed by atoms with Crippen LogP contribution in [0.2, 0.25) is 0 Å². The van der Waals surface area contributed by atoms with Gasteiger partial charge in [-0.25, -0.2) is 0 Å². The molecule has 0 saturated heterocycles. The highest BCUT2D eigenvalue weighted by atomic mass is 16.2. The number of imide groups is 1. The van der Waals surface area contributed by atoms with Crippen LogP contribution in [-0.2, 0) is 4.79 Å². The number of hydrogen-bond acceptors (Lipinski definition) is 4. The molecule has 1 aliphatic rings. The number of nitrogens with zero attached hydrogens (tertiary/aromatic N) is 2. The monoisotopic (exact) mass is 351 g/mol.